The average Bonchev–Trinajstić information content (AvgIpc) is 3.17. The number of benzene rings is 2. The van der Waals surface area contributed by atoms with Crippen molar-refractivity contribution in [1.82, 2.24) is 4.90 Å². The Morgan fingerprint density at radius 1 is 0.906 bits per heavy atom. The van der Waals surface area contributed by atoms with Gasteiger partial charge in [-0.05, 0) is 81.9 Å². The Morgan fingerprint density at radius 3 is 2.22 bits per heavy atom. The monoisotopic (exact) mass is 434 g/mol. The number of nitrogens with zero attached hydrogens (tertiary/aromatic N) is 1. The first-order valence-electron chi connectivity index (χ1n) is 12.5. The molecule has 2 aromatic rings. The summed E-state index contributed by atoms with van der Waals surface area (Å²) in [5.41, 5.74) is 2.80. The molecule has 1 amide bonds. The van der Waals surface area contributed by atoms with E-state index in [-0.39, 0.29) is 5.91 Å². The molecule has 0 radical (unpaired) electrons. The lowest BCUT2D eigenvalue weighted by Crippen LogP contribution is -2.38. The number of carbonyl (C=O) groups is 1. The minimum absolute atomic E-state index is 0.116. The van der Waals surface area contributed by atoms with Gasteiger partial charge in [0, 0.05) is 12.2 Å². The number of nitrogens with one attached hydrogen (secondary N) is 1. The van der Waals surface area contributed by atoms with E-state index in [1.165, 1.54) is 44.3 Å². The fraction of sp³-hybridized carbons (Fsp3) is 0.536. The minimum atomic E-state index is -0.407. The van der Waals surface area contributed by atoms with Crippen LogP contribution in [0.1, 0.15) is 68.9 Å². The largest absolute Gasteiger partial charge is 0.494 e. The van der Waals surface area contributed by atoms with Crippen LogP contribution < -0.4 is 10.1 Å². The number of likely N-dealkylation sites (tertiary alicyclic amines) is 1. The van der Waals surface area contributed by atoms with E-state index in [2.05, 4.69) is 41.4 Å². The molecule has 1 saturated heterocycles. The second-order valence-electron chi connectivity index (χ2n) is 9.59. The zero-order chi connectivity index (χ0) is 22.2. The van der Waals surface area contributed by atoms with Crippen LogP contribution >= 0.6 is 0 Å². The molecule has 1 saturated carbocycles. The molecule has 1 heterocycles. The molecule has 1 N–H and O–H groups in total. The van der Waals surface area contributed by atoms with E-state index in [9.17, 15) is 4.79 Å². The molecule has 172 valence electrons. The van der Waals surface area contributed by atoms with Gasteiger partial charge in [-0.25, -0.2) is 0 Å². The summed E-state index contributed by atoms with van der Waals surface area (Å²) in [6.07, 6.45) is 10.5. The Kier molecular flexibility index (Phi) is 7.85. The molecule has 2 aliphatic rings. The van der Waals surface area contributed by atoms with Crippen molar-refractivity contribution in [1.29, 1.82) is 0 Å². The Labute approximate surface area is 193 Å². The maximum absolute atomic E-state index is 13.3. The summed E-state index contributed by atoms with van der Waals surface area (Å²) < 4.78 is 5.95. The van der Waals surface area contributed by atoms with E-state index in [1.807, 2.05) is 24.3 Å². The lowest BCUT2D eigenvalue weighted by molar-refractivity contribution is -0.121. The first-order valence-corrected chi connectivity index (χ1v) is 12.5. The molecular formula is C28H38N2O2. The van der Waals surface area contributed by atoms with E-state index in [0.29, 0.717) is 0 Å². The van der Waals surface area contributed by atoms with Crippen molar-refractivity contribution in [3.8, 4) is 5.75 Å². The first-order chi connectivity index (χ1) is 15.7. The lowest BCUT2D eigenvalue weighted by atomic mass is 9.77. The Hall–Kier alpha value is -2.33. The normalized spacial score (nSPS) is 18.8. The van der Waals surface area contributed by atoms with Crippen molar-refractivity contribution < 1.29 is 9.53 Å². The third-order valence-corrected chi connectivity index (χ3v) is 7.19. The summed E-state index contributed by atoms with van der Waals surface area (Å²) in [6, 6.07) is 16.3. The van der Waals surface area contributed by atoms with Crippen molar-refractivity contribution >= 4 is 11.6 Å². The van der Waals surface area contributed by atoms with Gasteiger partial charge < -0.3 is 15.0 Å². The number of carbonyl (C=O) groups excluding carboxylic acids is 1. The molecule has 4 rings (SSSR count). The number of hydrogen-bond acceptors (Lipinski definition) is 3. The zero-order valence-electron chi connectivity index (χ0n) is 19.6. The van der Waals surface area contributed by atoms with E-state index in [1.54, 1.807) is 0 Å². The van der Waals surface area contributed by atoms with E-state index < -0.39 is 5.41 Å². The second kappa shape index (κ2) is 11.0. The van der Waals surface area contributed by atoms with Gasteiger partial charge in [-0.3, -0.25) is 4.79 Å². The fourth-order valence-corrected chi connectivity index (χ4v) is 5.22. The quantitative estimate of drug-likeness (QED) is 0.511. The van der Waals surface area contributed by atoms with Crippen LogP contribution in [0.25, 0.3) is 0 Å². The highest BCUT2D eigenvalue weighted by molar-refractivity contribution is 5.99. The third-order valence-electron chi connectivity index (χ3n) is 7.19. The molecule has 1 aliphatic heterocycles. The van der Waals surface area contributed by atoms with Gasteiger partial charge in [-0.15, -0.1) is 0 Å². The van der Waals surface area contributed by atoms with Crippen LogP contribution in [0.5, 0.6) is 5.75 Å². The Balaban J connectivity index is 1.29. The van der Waals surface area contributed by atoms with Gasteiger partial charge in [0.25, 0.3) is 0 Å². The highest BCUT2D eigenvalue weighted by atomic mass is 16.5. The summed E-state index contributed by atoms with van der Waals surface area (Å²) in [5.74, 6) is 0.984. The van der Waals surface area contributed by atoms with Gasteiger partial charge in [-0.1, -0.05) is 55.5 Å². The number of rotatable bonds is 8. The standard InChI is InChI=1S/C28H38N2O2/c1-23-9-11-24(12-10-23)28(17-4-5-18-28)27(31)29-25-13-15-26(16-14-25)32-22-8-21-30-19-6-2-3-7-20-30/h9-16H,2-8,17-22H2,1H3,(H,29,31). The van der Waals surface area contributed by atoms with Crippen LogP contribution in [0.15, 0.2) is 48.5 Å². The summed E-state index contributed by atoms with van der Waals surface area (Å²) >= 11 is 0. The Bertz CT molecular complexity index is 846. The Morgan fingerprint density at radius 2 is 1.56 bits per heavy atom. The second-order valence-corrected chi connectivity index (χ2v) is 9.59. The SMILES string of the molecule is Cc1ccc(C2(C(=O)Nc3ccc(OCCCN4CCCCCC4)cc3)CCCC2)cc1. The molecule has 0 atom stereocenters. The summed E-state index contributed by atoms with van der Waals surface area (Å²) in [6.45, 7) is 6.41. The maximum atomic E-state index is 13.3. The predicted octanol–water partition coefficient (Wildman–Crippen LogP) is 6.09. The van der Waals surface area contributed by atoms with Gasteiger partial charge in [-0.2, -0.15) is 0 Å². The van der Waals surface area contributed by atoms with Gasteiger partial charge in [0.1, 0.15) is 5.75 Å². The van der Waals surface area contributed by atoms with Crippen molar-refractivity contribution in [3.05, 3.63) is 59.7 Å². The van der Waals surface area contributed by atoms with Crippen LogP contribution in [0, 0.1) is 6.92 Å². The molecule has 0 unspecified atom stereocenters. The number of anilines is 1. The molecule has 4 heteroatoms. The molecule has 4 nitrogen and oxygen atoms in total. The molecule has 2 fully saturated rings. The van der Waals surface area contributed by atoms with E-state index >= 15 is 0 Å². The average molecular weight is 435 g/mol. The molecule has 0 spiro atoms. The van der Waals surface area contributed by atoms with Gasteiger partial charge in [0.15, 0.2) is 0 Å². The van der Waals surface area contributed by atoms with E-state index in [0.717, 1.165) is 62.3 Å². The molecule has 0 bridgehead atoms. The molecule has 32 heavy (non-hydrogen) atoms. The molecule has 1 aliphatic carbocycles. The van der Waals surface area contributed by atoms with Crippen molar-refractivity contribution in [3.63, 3.8) is 0 Å². The van der Waals surface area contributed by atoms with Crippen LogP contribution in [0.4, 0.5) is 5.69 Å². The van der Waals surface area contributed by atoms with Gasteiger partial charge in [0.2, 0.25) is 5.91 Å². The van der Waals surface area contributed by atoms with Crippen LogP contribution in [-0.4, -0.2) is 37.0 Å². The number of aryl methyl sites for hydroxylation is 1. The van der Waals surface area contributed by atoms with Crippen molar-refractivity contribution in [2.45, 2.75) is 70.1 Å². The summed E-state index contributed by atoms with van der Waals surface area (Å²) in [7, 11) is 0. The molecule has 0 aromatic heterocycles. The lowest BCUT2D eigenvalue weighted by Gasteiger charge is -2.28. The van der Waals surface area contributed by atoms with E-state index in [4.69, 9.17) is 4.74 Å². The third kappa shape index (κ3) is 5.72. The predicted molar refractivity (Wildman–Crippen MR) is 131 cm³/mol. The van der Waals surface area contributed by atoms with Crippen LogP contribution in [0.3, 0.4) is 0 Å². The maximum Gasteiger partial charge on any atom is 0.235 e. The minimum Gasteiger partial charge on any atom is -0.494 e. The van der Waals surface area contributed by atoms with Gasteiger partial charge >= 0.3 is 0 Å². The topological polar surface area (TPSA) is 41.6 Å². The number of ether oxygens (including phenoxy) is 1. The molecule has 2 aromatic carbocycles. The highest BCUT2D eigenvalue weighted by Crippen LogP contribution is 2.42. The smallest absolute Gasteiger partial charge is 0.235 e. The van der Waals surface area contributed by atoms with Crippen LogP contribution in [0.2, 0.25) is 0 Å². The zero-order valence-corrected chi connectivity index (χ0v) is 19.6. The summed E-state index contributed by atoms with van der Waals surface area (Å²) in [5, 5.41) is 3.18. The van der Waals surface area contributed by atoms with Gasteiger partial charge in [0.05, 0.1) is 12.0 Å². The summed E-state index contributed by atoms with van der Waals surface area (Å²) in [4.78, 5) is 15.9. The fourth-order valence-electron chi connectivity index (χ4n) is 5.22. The molecular weight excluding hydrogens is 396 g/mol. The van der Waals surface area contributed by atoms with Crippen LogP contribution in [-0.2, 0) is 10.2 Å². The number of hydrogen-bond donors (Lipinski definition) is 1. The highest BCUT2D eigenvalue weighted by Gasteiger charge is 2.42. The first kappa shape index (κ1) is 22.8. The van der Waals surface area contributed by atoms with Crippen molar-refractivity contribution in [2.24, 2.45) is 0 Å². The number of amides is 1. The van der Waals surface area contributed by atoms with Crippen molar-refractivity contribution in [2.75, 3.05) is 31.6 Å².